The lowest BCUT2D eigenvalue weighted by Gasteiger charge is -2.24. The molecule has 0 amide bonds. The Labute approximate surface area is 155 Å². The zero-order chi connectivity index (χ0) is 18.3. The molecule has 2 atom stereocenters. The van der Waals surface area contributed by atoms with Crippen molar-refractivity contribution in [2.45, 2.75) is 38.5 Å². The van der Waals surface area contributed by atoms with Gasteiger partial charge in [-0.05, 0) is 50.5 Å². The molecule has 7 heteroatoms. The molecule has 1 N–H and O–H groups in total. The lowest BCUT2D eigenvalue weighted by atomic mass is 9.82. The molecule has 1 fully saturated rings. The van der Waals surface area contributed by atoms with Crippen LogP contribution in [0.15, 0.2) is 24.3 Å². The van der Waals surface area contributed by atoms with Gasteiger partial charge in [-0.2, -0.15) is 5.10 Å². The van der Waals surface area contributed by atoms with Crippen LogP contribution in [0.5, 0.6) is 5.75 Å². The van der Waals surface area contributed by atoms with Gasteiger partial charge in [-0.15, -0.1) is 11.3 Å². The maximum atomic E-state index is 11.4. The van der Waals surface area contributed by atoms with Crippen molar-refractivity contribution in [3.05, 3.63) is 35.0 Å². The molecule has 0 bridgehead atoms. The molecule has 6 nitrogen and oxygen atoms in total. The van der Waals surface area contributed by atoms with E-state index >= 15 is 0 Å². The summed E-state index contributed by atoms with van der Waals surface area (Å²) in [5.74, 6) is 0.0945. The molecule has 2 heterocycles. The van der Waals surface area contributed by atoms with Gasteiger partial charge in [0.25, 0.3) is 0 Å². The molecule has 1 saturated carbocycles. The molecule has 0 spiro atoms. The highest BCUT2D eigenvalue weighted by Gasteiger charge is 2.30. The molecule has 3 aromatic rings. The summed E-state index contributed by atoms with van der Waals surface area (Å²) < 4.78 is 8.16. The van der Waals surface area contributed by atoms with Gasteiger partial charge in [-0.25, -0.2) is 9.67 Å². The van der Waals surface area contributed by atoms with Crippen molar-refractivity contribution < 1.29 is 14.6 Å². The van der Waals surface area contributed by atoms with Crippen LogP contribution in [0, 0.1) is 12.8 Å². The SMILES string of the molecule is COc1ccc(-n2nc(C)c3sc([C@@H]4CCC[C@@H](C(=O)O)C4)nc32)cc1. The Hall–Kier alpha value is -2.41. The average Bonchev–Trinajstić information content (AvgIpc) is 3.23. The third-order valence-electron chi connectivity index (χ3n) is 5.09. The van der Waals surface area contributed by atoms with E-state index in [4.69, 9.17) is 9.72 Å². The maximum absolute atomic E-state index is 11.4. The fraction of sp³-hybridized carbons (Fsp3) is 0.421. The van der Waals surface area contributed by atoms with Crippen molar-refractivity contribution in [3.63, 3.8) is 0 Å². The van der Waals surface area contributed by atoms with Gasteiger partial charge in [0, 0.05) is 5.92 Å². The molecule has 26 heavy (non-hydrogen) atoms. The highest BCUT2D eigenvalue weighted by atomic mass is 32.1. The predicted octanol–water partition coefficient (Wildman–Crippen LogP) is 4.16. The third kappa shape index (κ3) is 2.96. The first-order chi connectivity index (χ1) is 12.6. The number of methoxy groups -OCH3 is 1. The lowest BCUT2D eigenvalue weighted by Crippen LogP contribution is -2.21. The van der Waals surface area contributed by atoms with E-state index in [9.17, 15) is 9.90 Å². The molecule has 0 saturated heterocycles. The number of benzene rings is 1. The summed E-state index contributed by atoms with van der Waals surface area (Å²) in [4.78, 5) is 16.2. The van der Waals surface area contributed by atoms with E-state index in [2.05, 4.69) is 5.10 Å². The Morgan fingerprint density at radius 1 is 1.31 bits per heavy atom. The first-order valence-corrected chi connectivity index (χ1v) is 9.61. The van der Waals surface area contributed by atoms with E-state index in [1.807, 2.05) is 35.9 Å². The topological polar surface area (TPSA) is 77.2 Å². The van der Waals surface area contributed by atoms with Crippen molar-refractivity contribution in [1.29, 1.82) is 0 Å². The molecular weight excluding hydrogens is 350 g/mol. The molecule has 136 valence electrons. The number of ether oxygens (including phenoxy) is 1. The number of rotatable bonds is 4. The fourth-order valence-corrected chi connectivity index (χ4v) is 4.80. The zero-order valence-corrected chi connectivity index (χ0v) is 15.6. The Bertz CT molecular complexity index is 945. The van der Waals surface area contributed by atoms with Gasteiger partial charge in [0.2, 0.25) is 0 Å². The quantitative estimate of drug-likeness (QED) is 0.745. The van der Waals surface area contributed by atoms with Crippen LogP contribution in [0.25, 0.3) is 16.0 Å². The third-order valence-corrected chi connectivity index (χ3v) is 6.41. The number of carbonyl (C=O) groups is 1. The zero-order valence-electron chi connectivity index (χ0n) is 14.8. The second kappa shape index (κ2) is 6.72. The lowest BCUT2D eigenvalue weighted by molar-refractivity contribution is -0.142. The number of fused-ring (bicyclic) bond motifs is 1. The number of hydrogen-bond donors (Lipinski definition) is 1. The van der Waals surface area contributed by atoms with Crippen molar-refractivity contribution in [2.24, 2.45) is 5.92 Å². The number of aliphatic carboxylic acids is 1. The van der Waals surface area contributed by atoms with Gasteiger partial charge >= 0.3 is 5.97 Å². The van der Waals surface area contributed by atoms with Gasteiger partial charge in [0.1, 0.15) is 5.75 Å². The van der Waals surface area contributed by atoms with E-state index in [0.717, 1.165) is 51.7 Å². The van der Waals surface area contributed by atoms with E-state index in [1.54, 1.807) is 18.4 Å². The number of aryl methyl sites for hydroxylation is 1. The molecule has 2 aromatic heterocycles. The summed E-state index contributed by atoms with van der Waals surface area (Å²) in [6, 6.07) is 7.74. The Kier molecular flexibility index (Phi) is 4.40. The summed E-state index contributed by atoms with van der Waals surface area (Å²) in [6.45, 7) is 1.99. The molecule has 1 aliphatic carbocycles. The smallest absolute Gasteiger partial charge is 0.306 e. The van der Waals surface area contributed by atoms with Crippen LogP contribution in [0.1, 0.15) is 42.3 Å². The summed E-state index contributed by atoms with van der Waals surface area (Å²) >= 11 is 1.66. The first-order valence-electron chi connectivity index (χ1n) is 8.80. The number of aromatic nitrogens is 3. The summed E-state index contributed by atoms with van der Waals surface area (Å²) in [5.41, 5.74) is 2.74. The minimum Gasteiger partial charge on any atom is -0.497 e. The Balaban J connectivity index is 1.70. The van der Waals surface area contributed by atoms with Crippen LogP contribution in [0.3, 0.4) is 0 Å². The maximum Gasteiger partial charge on any atom is 0.306 e. The van der Waals surface area contributed by atoms with Crippen LogP contribution in [-0.4, -0.2) is 33.0 Å². The molecule has 0 radical (unpaired) electrons. The molecule has 0 unspecified atom stereocenters. The molecule has 1 aliphatic rings. The van der Waals surface area contributed by atoms with Crippen LogP contribution >= 0.6 is 11.3 Å². The van der Waals surface area contributed by atoms with Gasteiger partial charge < -0.3 is 9.84 Å². The van der Waals surface area contributed by atoms with Crippen LogP contribution in [0.2, 0.25) is 0 Å². The number of hydrogen-bond acceptors (Lipinski definition) is 5. The minimum absolute atomic E-state index is 0.228. The normalized spacial score (nSPS) is 20.4. The van der Waals surface area contributed by atoms with Crippen molar-refractivity contribution in [3.8, 4) is 11.4 Å². The van der Waals surface area contributed by atoms with E-state index in [0.29, 0.717) is 6.42 Å². The summed E-state index contributed by atoms with van der Waals surface area (Å²) in [5, 5.41) is 15.0. The standard InChI is InChI=1S/C19H21N3O3S/c1-11-16-17(22(21-11)14-6-8-15(25-2)9-7-14)20-18(26-16)12-4-3-5-13(10-12)19(23)24/h6-9,12-13H,3-5,10H2,1-2H3,(H,23,24)/t12-,13-/m1/s1. The van der Waals surface area contributed by atoms with Crippen LogP contribution in [0.4, 0.5) is 0 Å². The van der Waals surface area contributed by atoms with E-state index in [1.165, 1.54) is 0 Å². The van der Waals surface area contributed by atoms with Gasteiger partial charge in [0.15, 0.2) is 5.65 Å². The monoisotopic (exact) mass is 371 g/mol. The van der Waals surface area contributed by atoms with Crippen LogP contribution in [-0.2, 0) is 4.79 Å². The number of thiazole rings is 1. The summed E-state index contributed by atoms with van der Waals surface area (Å²) in [6.07, 6.45) is 3.41. The molecule has 1 aromatic carbocycles. The fourth-order valence-electron chi connectivity index (χ4n) is 3.67. The van der Waals surface area contributed by atoms with Crippen molar-refractivity contribution >= 4 is 27.7 Å². The second-order valence-electron chi connectivity index (χ2n) is 6.80. The van der Waals surface area contributed by atoms with Crippen molar-refractivity contribution in [2.75, 3.05) is 7.11 Å². The Morgan fingerprint density at radius 2 is 2.08 bits per heavy atom. The van der Waals surface area contributed by atoms with Crippen molar-refractivity contribution in [1.82, 2.24) is 14.8 Å². The summed E-state index contributed by atoms with van der Waals surface area (Å²) in [7, 11) is 1.65. The van der Waals surface area contributed by atoms with Gasteiger partial charge in [-0.1, -0.05) is 6.42 Å². The Morgan fingerprint density at radius 3 is 2.77 bits per heavy atom. The molecular formula is C19H21N3O3S. The predicted molar refractivity (Wildman–Crippen MR) is 100 cm³/mol. The first kappa shape index (κ1) is 17.0. The van der Waals surface area contributed by atoms with Gasteiger partial charge in [0.05, 0.1) is 34.1 Å². The van der Waals surface area contributed by atoms with Gasteiger partial charge in [-0.3, -0.25) is 4.79 Å². The van der Waals surface area contributed by atoms with Crippen LogP contribution < -0.4 is 4.74 Å². The number of nitrogens with zero attached hydrogens (tertiary/aromatic N) is 3. The van der Waals surface area contributed by atoms with E-state index < -0.39 is 5.97 Å². The van der Waals surface area contributed by atoms with E-state index in [-0.39, 0.29) is 11.8 Å². The molecule has 0 aliphatic heterocycles. The largest absolute Gasteiger partial charge is 0.497 e. The highest BCUT2D eigenvalue weighted by Crippen LogP contribution is 2.40. The number of carboxylic acids is 1. The highest BCUT2D eigenvalue weighted by molar-refractivity contribution is 7.18. The minimum atomic E-state index is -0.684. The second-order valence-corrected chi connectivity index (χ2v) is 7.83. The number of carboxylic acid groups (broad SMARTS) is 1. The molecule has 4 rings (SSSR count). The average molecular weight is 371 g/mol.